The van der Waals surface area contributed by atoms with Gasteiger partial charge >= 0.3 is 0 Å². The minimum Gasteiger partial charge on any atom is -0.512 e. The second kappa shape index (κ2) is 25.7. The van der Waals surface area contributed by atoms with Gasteiger partial charge in [-0.25, -0.2) is 0 Å². The van der Waals surface area contributed by atoms with Gasteiger partial charge in [-0.05, 0) is 131 Å². The summed E-state index contributed by atoms with van der Waals surface area (Å²) in [6.45, 7) is 17.9. The number of alkyl halides is 1. The van der Waals surface area contributed by atoms with Crippen molar-refractivity contribution in [2.24, 2.45) is 23.7 Å². The third-order valence-corrected chi connectivity index (χ3v) is 14.0. The van der Waals surface area contributed by atoms with E-state index >= 15 is 0 Å². The maximum Gasteiger partial charge on any atom is 0.162 e. The van der Waals surface area contributed by atoms with Gasteiger partial charge in [-0.1, -0.05) is 124 Å². The molecule has 1 atom stereocenters. The Balaban J connectivity index is 0.000000205. The number of aliphatic hydroxyl groups excluding tert-OH is 1. The van der Waals surface area contributed by atoms with E-state index in [2.05, 4.69) is 98.3 Å². The summed E-state index contributed by atoms with van der Waals surface area (Å²) in [6, 6.07) is 24.2. The van der Waals surface area contributed by atoms with E-state index in [4.69, 9.17) is 5.48 Å². The first kappa shape index (κ1) is 47.6. The summed E-state index contributed by atoms with van der Waals surface area (Å²) in [5, 5.41) is 13.3. The number of benzene rings is 4. The van der Waals surface area contributed by atoms with Gasteiger partial charge in [0.1, 0.15) is 0 Å². The van der Waals surface area contributed by atoms with E-state index in [0.717, 1.165) is 104 Å². The molecule has 1 radical (unpaired) electrons. The molecule has 4 aromatic carbocycles. The molecule has 0 spiro atoms. The van der Waals surface area contributed by atoms with Crippen LogP contribution in [-0.2, 0) is 37.7 Å². The Morgan fingerprint density at radius 1 is 0.687 bits per heavy atom. The minimum atomic E-state index is -0.463. The van der Waals surface area contributed by atoms with Crippen molar-refractivity contribution in [2.75, 3.05) is 6.67 Å². The number of aliphatic hydroxyl groups is 1. The Kier molecular flexibility index (Phi) is 18.3. The summed E-state index contributed by atoms with van der Waals surface area (Å²) >= 11 is 0. The van der Waals surface area contributed by atoms with Crippen molar-refractivity contribution in [2.45, 2.75) is 152 Å². The average molecular weight is 1080 g/mol. The first-order valence-corrected chi connectivity index (χ1v) is 24.8. The molecule has 1 N–H and O–H groups in total. The summed E-state index contributed by atoms with van der Waals surface area (Å²) in [4.78, 5) is 20.7. The number of hydrogen-bond donors (Lipinski definition) is 1. The average Bonchev–Trinajstić information content (AvgIpc) is 4.04. The van der Waals surface area contributed by atoms with E-state index in [9.17, 15) is 14.3 Å². The largest absolute Gasteiger partial charge is 0.512 e. The second-order valence-electron chi connectivity index (χ2n) is 19.3. The van der Waals surface area contributed by atoms with Crippen LogP contribution in [0.3, 0.4) is 0 Å². The van der Waals surface area contributed by atoms with Gasteiger partial charge in [0.05, 0.1) is 17.9 Å². The van der Waals surface area contributed by atoms with Crippen molar-refractivity contribution in [3.8, 4) is 22.5 Å². The molecule has 359 valence electrons. The maximum atomic E-state index is 12.2. The predicted molar refractivity (Wildman–Crippen MR) is 276 cm³/mol. The quantitative estimate of drug-likeness (QED) is 0.0671. The first-order chi connectivity index (χ1) is 33.4. The van der Waals surface area contributed by atoms with E-state index < -0.39 is 6.67 Å². The van der Waals surface area contributed by atoms with Gasteiger partial charge in [-0.2, -0.15) is 0 Å². The predicted octanol–water partition coefficient (Wildman–Crippen LogP) is 16.5. The molecule has 6 heteroatoms. The van der Waals surface area contributed by atoms with Crippen LogP contribution in [0.25, 0.3) is 44.1 Å². The SMILES string of the molecule is CCC(CC)C(=O)/C=C(\O)C(CC)CCF.[2H]c1nc(-c2[c-]c(C)cc(C)c2)c2cc(C)c(CC3CCCC3)cc2c1[2H].[2H]c1nc(-c2[c-]c(C)cc(C)c2)c2cc(C)c(CC3CCCC3)cc2c1[2H].[Ir]. The summed E-state index contributed by atoms with van der Waals surface area (Å²) in [7, 11) is 0. The molecule has 6 aromatic rings. The standard InChI is InChI=1S/2C24H26N.C13H23FO2.Ir/c2*1-16-10-17(2)12-22(11-16)24-23-13-18(3)21(14-19-6-4-5-7-19)15-20(23)8-9-25-24;1-4-10(5-2)12(15)9-13(16)11(6-3)7-8-14;/h2*8-11,13,15,19H,4-7,14H2,1-3H3;9-11,16H,4-8H2,1-3H3;/q2*-1;;/b;;13-9-;/i2*8D,9D;;. The van der Waals surface area contributed by atoms with Crippen LogP contribution >= 0.6 is 0 Å². The number of carbonyl (C=O) groups is 1. The molecule has 2 aliphatic carbocycles. The molecule has 2 saturated carbocycles. The number of aromatic nitrogens is 2. The first-order valence-electron chi connectivity index (χ1n) is 26.8. The molecule has 4 nitrogen and oxygen atoms in total. The van der Waals surface area contributed by atoms with E-state index in [0.29, 0.717) is 6.42 Å². The fourth-order valence-corrected chi connectivity index (χ4v) is 10.2. The van der Waals surface area contributed by atoms with E-state index in [1.807, 2.05) is 34.6 Å². The Morgan fingerprint density at radius 2 is 1.10 bits per heavy atom. The van der Waals surface area contributed by atoms with Crippen molar-refractivity contribution in [3.63, 3.8) is 0 Å². The Bertz CT molecular complexity index is 2620. The number of fused-ring (bicyclic) bond motifs is 2. The van der Waals surface area contributed by atoms with Crippen LogP contribution < -0.4 is 0 Å². The van der Waals surface area contributed by atoms with Gasteiger partial charge in [-0.3, -0.25) is 9.18 Å². The maximum absolute atomic E-state index is 12.2. The fourth-order valence-electron chi connectivity index (χ4n) is 10.2. The molecule has 8 rings (SSSR count). The van der Waals surface area contributed by atoms with Gasteiger partial charge in [-0.15, -0.1) is 69.8 Å². The van der Waals surface area contributed by atoms with Crippen LogP contribution in [0.1, 0.15) is 148 Å². The number of allylic oxidation sites excluding steroid dienone is 2. The topological polar surface area (TPSA) is 63.1 Å². The van der Waals surface area contributed by atoms with Crippen LogP contribution in [0.5, 0.6) is 0 Å². The molecule has 2 heterocycles. The number of nitrogens with zero attached hydrogens (tertiary/aromatic N) is 2. The van der Waals surface area contributed by atoms with Crippen LogP contribution in [-0.4, -0.2) is 27.5 Å². The number of hydrogen-bond acceptors (Lipinski definition) is 4. The van der Waals surface area contributed by atoms with Gasteiger partial charge in [0, 0.05) is 50.4 Å². The van der Waals surface area contributed by atoms with Crippen LogP contribution in [0.15, 0.2) is 84.8 Å². The molecule has 0 saturated heterocycles. The number of halogens is 1. The Hall–Kier alpha value is -4.51. The van der Waals surface area contributed by atoms with Gasteiger partial charge in [0.2, 0.25) is 0 Å². The number of ketones is 1. The molecule has 2 fully saturated rings. The van der Waals surface area contributed by atoms with Crippen molar-refractivity contribution in [1.29, 1.82) is 0 Å². The fraction of sp³-hybridized carbons (Fsp3) is 0.459. The van der Waals surface area contributed by atoms with Crippen LogP contribution in [0, 0.1) is 77.3 Å². The van der Waals surface area contributed by atoms with Gasteiger partial charge < -0.3 is 15.1 Å². The smallest absolute Gasteiger partial charge is 0.162 e. The molecule has 2 aromatic heterocycles. The zero-order valence-electron chi connectivity index (χ0n) is 45.6. The van der Waals surface area contributed by atoms with Crippen molar-refractivity contribution in [1.82, 2.24) is 9.97 Å². The zero-order valence-corrected chi connectivity index (χ0v) is 44.0. The Morgan fingerprint density at radius 3 is 1.48 bits per heavy atom. The summed E-state index contributed by atoms with van der Waals surface area (Å²) in [5.74, 6) is 1.28. The van der Waals surface area contributed by atoms with E-state index in [-0.39, 0.29) is 74.3 Å². The van der Waals surface area contributed by atoms with Crippen molar-refractivity contribution < 1.29 is 39.9 Å². The molecule has 0 aliphatic heterocycles. The van der Waals surface area contributed by atoms with Crippen LogP contribution in [0.2, 0.25) is 0 Å². The minimum absolute atomic E-state index is 0. The zero-order chi connectivity index (χ0) is 50.8. The van der Waals surface area contributed by atoms with E-state index in [1.165, 1.54) is 79.7 Å². The Labute approximate surface area is 421 Å². The molecule has 2 aliphatic rings. The third-order valence-electron chi connectivity index (χ3n) is 14.0. The van der Waals surface area contributed by atoms with Crippen molar-refractivity contribution >= 4 is 27.3 Å². The van der Waals surface area contributed by atoms with Crippen LogP contribution in [0.4, 0.5) is 4.39 Å². The number of aryl methyl sites for hydroxylation is 6. The molecule has 1 unspecified atom stereocenters. The molecular weight excluding hydrogens is 1000 g/mol. The summed E-state index contributed by atoms with van der Waals surface area (Å²) in [6.07, 6.45) is 16.7. The van der Waals surface area contributed by atoms with E-state index in [1.54, 1.807) is 0 Å². The molecule has 0 amide bonds. The normalized spacial score (nSPS) is 15.5. The summed E-state index contributed by atoms with van der Waals surface area (Å²) in [5.41, 5.74) is 13.0. The molecule has 0 bridgehead atoms. The number of rotatable bonds is 14. The summed E-state index contributed by atoms with van der Waals surface area (Å²) < 4.78 is 45.5. The third kappa shape index (κ3) is 14.5. The van der Waals surface area contributed by atoms with Gasteiger partial charge in [0.25, 0.3) is 0 Å². The molecule has 67 heavy (non-hydrogen) atoms. The van der Waals surface area contributed by atoms with Crippen molar-refractivity contribution in [3.05, 3.63) is 141 Å². The molecular formula is C61H75FIrN2O2-2. The number of carbonyl (C=O) groups excluding carboxylic acids is 1. The number of pyridine rings is 2. The monoisotopic (exact) mass is 1080 g/mol. The second-order valence-corrected chi connectivity index (χ2v) is 19.3. The van der Waals surface area contributed by atoms with Gasteiger partial charge in [0.15, 0.2) is 5.78 Å².